The van der Waals surface area contributed by atoms with Crippen molar-refractivity contribution in [3.05, 3.63) is 35.7 Å². The molecule has 0 spiro atoms. The van der Waals surface area contributed by atoms with Crippen molar-refractivity contribution in [2.75, 3.05) is 19.8 Å². The molecule has 0 aliphatic carbocycles. The van der Waals surface area contributed by atoms with Crippen molar-refractivity contribution in [1.82, 2.24) is 10.3 Å². The lowest BCUT2D eigenvalue weighted by molar-refractivity contribution is -0.131. The van der Waals surface area contributed by atoms with E-state index in [1.807, 2.05) is 6.92 Å². The van der Waals surface area contributed by atoms with E-state index in [1.165, 1.54) is 12.3 Å². The molecule has 0 saturated carbocycles. The number of amides is 1. The molecule has 1 aromatic heterocycles. The molecule has 0 saturated heterocycles. The molecule has 0 aliphatic rings. The van der Waals surface area contributed by atoms with Crippen LogP contribution >= 0.6 is 0 Å². The number of nitrogens with zero attached hydrogens (tertiary/aromatic N) is 1. The minimum Gasteiger partial charge on any atom is -0.478 e. The van der Waals surface area contributed by atoms with Gasteiger partial charge < -0.3 is 15.2 Å². The lowest BCUT2D eigenvalue weighted by Gasteiger charge is -2.06. The maximum absolute atomic E-state index is 11.9. The first-order valence-corrected chi connectivity index (χ1v) is 5.87. The lowest BCUT2D eigenvalue weighted by Crippen LogP contribution is -2.28. The zero-order valence-electron chi connectivity index (χ0n) is 10.6. The highest BCUT2D eigenvalue weighted by atomic mass is 16.5. The Labute approximate surface area is 111 Å². The average molecular weight is 264 g/mol. The third-order valence-electron chi connectivity index (χ3n) is 2.20. The Morgan fingerprint density at radius 3 is 3.00 bits per heavy atom. The molecule has 0 unspecified atom stereocenters. The van der Waals surface area contributed by atoms with Crippen molar-refractivity contribution >= 4 is 18.0 Å². The number of rotatable bonds is 7. The molecule has 0 atom stereocenters. The van der Waals surface area contributed by atoms with E-state index in [2.05, 4.69) is 10.3 Å². The molecule has 0 fully saturated rings. The predicted octanol–water partition coefficient (Wildman–Crippen LogP) is 0.946. The molecule has 102 valence electrons. The molecule has 0 bridgehead atoms. The Morgan fingerprint density at radius 2 is 2.32 bits per heavy atom. The number of aromatic nitrogens is 1. The normalized spacial score (nSPS) is 10.6. The van der Waals surface area contributed by atoms with Crippen molar-refractivity contribution in [2.45, 2.75) is 6.92 Å². The predicted molar refractivity (Wildman–Crippen MR) is 69.7 cm³/mol. The fourth-order valence-electron chi connectivity index (χ4n) is 1.37. The van der Waals surface area contributed by atoms with E-state index in [4.69, 9.17) is 9.84 Å². The summed E-state index contributed by atoms with van der Waals surface area (Å²) in [5.74, 6) is -1.43. The quantitative estimate of drug-likeness (QED) is 0.565. The third-order valence-corrected chi connectivity index (χ3v) is 2.20. The molecule has 19 heavy (non-hydrogen) atoms. The van der Waals surface area contributed by atoms with Gasteiger partial charge in [0, 0.05) is 31.0 Å². The number of carboxylic acids is 1. The molecule has 0 aromatic carbocycles. The summed E-state index contributed by atoms with van der Waals surface area (Å²) in [6.07, 6.45) is 3.79. The number of hydrogen-bond acceptors (Lipinski definition) is 4. The van der Waals surface area contributed by atoms with Crippen molar-refractivity contribution in [3.63, 3.8) is 0 Å². The average Bonchev–Trinajstić information content (AvgIpc) is 2.41. The van der Waals surface area contributed by atoms with Crippen LogP contribution < -0.4 is 5.32 Å². The number of ether oxygens (including phenoxy) is 1. The summed E-state index contributed by atoms with van der Waals surface area (Å²) >= 11 is 0. The topological polar surface area (TPSA) is 88.5 Å². The van der Waals surface area contributed by atoms with Gasteiger partial charge in [-0.25, -0.2) is 4.79 Å². The molecular weight excluding hydrogens is 248 g/mol. The molecule has 0 aliphatic heterocycles. The third kappa shape index (κ3) is 5.31. The Balaban J connectivity index is 2.71. The van der Waals surface area contributed by atoms with Crippen LogP contribution in [0.1, 0.15) is 23.0 Å². The van der Waals surface area contributed by atoms with Crippen LogP contribution in [0.2, 0.25) is 0 Å². The van der Waals surface area contributed by atoms with Crippen LogP contribution in [0.25, 0.3) is 6.08 Å². The van der Waals surface area contributed by atoms with Crippen LogP contribution in [0.5, 0.6) is 0 Å². The maximum atomic E-state index is 11.9. The van der Waals surface area contributed by atoms with Gasteiger partial charge in [-0.1, -0.05) is 6.07 Å². The van der Waals surface area contributed by atoms with E-state index in [0.717, 1.165) is 6.08 Å². The van der Waals surface area contributed by atoms with Crippen molar-refractivity contribution in [2.24, 2.45) is 0 Å². The molecule has 6 heteroatoms. The molecule has 1 heterocycles. The minimum atomic E-state index is -1.08. The van der Waals surface area contributed by atoms with Gasteiger partial charge in [-0.05, 0) is 19.1 Å². The van der Waals surface area contributed by atoms with Gasteiger partial charge >= 0.3 is 5.97 Å². The zero-order chi connectivity index (χ0) is 14.1. The van der Waals surface area contributed by atoms with Gasteiger partial charge in [0.2, 0.25) is 0 Å². The standard InChI is InChI=1S/C13H16N2O4/c1-2-19-9-8-15-13(18)12-10(4-3-7-14-12)5-6-11(16)17/h3-7H,2,8-9H2,1H3,(H,15,18)(H,16,17)/b6-5+. The van der Waals surface area contributed by atoms with Crippen molar-refractivity contribution in [3.8, 4) is 0 Å². The fraction of sp³-hybridized carbons (Fsp3) is 0.308. The van der Waals surface area contributed by atoms with Gasteiger partial charge in [-0.3, -0.25) is 9.78 Å². The summed E-state index contributed by atoms with van der Waals surface area (Å²) < 4.78 is 5.10. The Kier molecular flexibility index (Phi) is 6.25. The molecule has 2 N–H and O–H groups in total. The molecular formula is C13H16N2O4. The second-order valence-corrected chi connectivity index (χ2v) is 3.57. The second-order valence-electron chi connectivity index (χ2n) is 3.57. The Morgan fingerprint density at radius 1 is 1.53 bits per heavy atom. The Bertz CT molecular complexity index is 471. The molecule has 0 radical (unpaired) electrons. The van der Waals surface area contributed by atoms with E-state index >= 15 is 0 Å². The summed E-state index contributed by atoms with van der Waals surface area (Å²) in [4.78, 5) is 26.3. The van der Waals surface area contributed by atoms with Crippen LogP contribution in [0.15, 0.2) is 24.4 Å². The first-order valence-electron chi connectivity index (χ1n) is 5.87. The number of nitrogens with one attached hydrogen (secondary N) is 1. The van der Waals surface area contributed by atoms with Gasteiger partial charge in [-0.15, -0.1) is 0 Å². The van der Waals surface area contributed by atoms with Crippen LogP contribution in [-0.2, 0) is 9.53 Å². The molecule has 1 aromatic rings. The minimum absolute atomic E-state index is 0.191. The smallest absolute Gasteiger partial charge is 0.328 e. The SMILES string of the molecule is CCOCCNC(=O)c1ncccc1/C=C/C(=O)O. The summed E-state index contributed by atoms with van der Waals surface area (Å²) in [5.41, 5.74) is 0.648. The lowest BCUT2D eigenvalue weighted by atomic mass is 10.1. The van der Waals surface area contributed by atoms with Crippen LogP contribution in [0, 0.1) is 0 Å². The highest BCUT2D eigenvalue weighted by Gasteiger charge is 2.10. The first-order chi connectivity index (χ1) is 9.15. The number of carbonyl (C=O) groups is 2. The van der Waals surface area contributed by atoms with Crippen LogP contribution in [0.3, 0.4) is 0 Å². The van der Waals surface area contributed by atoms with E-state index < -0.39 is 5.97 Å². The number of carboxylic acid groups (broad SMARTS) is 1. The number of carbonyl (C=O) groups excluding carboxylic acids is 1. The zero-order valence-corrected chi connectivity index (χ0v) is 10.6. The van der Waals surface area contributed by atoms with E-state index in [0.29, 0.717) is 25.3 Å². The number of pyridine rings is 1. The van der Waals surface area contributed by atoms with Gasteiger partial charge in [-0.2, -0.15) is 0 Å². The van der Waals surface area contributed by atoms with Gasteiger partial charge in [0.25, 0.3) is 5.91 Å². The number of aliphatic carboxylic acids is 1. The van der Waals surface area contributed by atoms with Crippen LogP contribution in [-0.4, -0.2) is 41.7 Å². The monoisotopic (exact) mass is 264 g/mol. The summed E-state index contributed by atoms with van der Waals surface area (Å²) in [6, 6.07) is 3.27. The highest BCUT2D eigenvalue weighted by molar-refractivity contribution is 5.97. The summed E-state index contributed by atoms with van der Waals surface area (Å²) in [6.45, 7) is 3.27. The first kappa shape index (κ1) is 14.8. The molecule has 1 rings (SSSR count). The van der Waals surface area contributed by atoms with Crippen LogP contribution in [0.4, 0.5) is 0 Å². The molecule has 1 amide bonds. The Hall–Kier alpha value is -2.21. The highest BCUT2D eigenvalue weighted by Crippen LogP contribution is 2.07. The van der Waals surface area contributed by atoms with Crippen molar-refractivity contribution < 1.29 is 19.4 Å². The van der Waals surface area contributed by atoms with E-state index in [-0.39, 0.29) is 11.6 Å². The number of hydrogen-bond donors (Lipinski definition) is 2. The van der Waals surface area contributed by atoms with E-state index in [9.17, 15) is 9.59 Å². The molecule has 6 nitrogen and oxygen atoms in total. The van der Waals surface area contributed by atoms with Gasteiger partial charge in [0.05, 0.1) is 6.61 Å². The van der Waals surface area contributed by atoms with Gasteiger partial charge in [0.1, 0.15) is 5.69 Å². The van der Waals surface area contributed by atoms with Crippen molar-refractivity contribution in [1.29, 1.82) is 0 Å². The second kappa shape index (κ2) is 7.99. The summed E-state index contributed by atoms with van der Waals surface area (Å²) in [5, 5.41) is 11.2. The van der Waals surface area contributed by atoms with Gasteiger partial charge in [0.15, 0.2) is 0 Å². The summed E-state index contributed by atoms with van der Waals surface area (Å²) in [7, 11) is 0. The fourth-order valence-corrected chi connectivity index (χ4v) is 1.37. The maximum Gasteiger partial charge on any atom is 0.328 e. The van der Waals surface area contributed by atoms with E-state index in [1.54, 1.807) is 12.1 Å². The largest absolute Gasteiger partial charge is 0.478 e.